The molecule has 0 aromatic heterocycles. The minimum absolute atomic E-state index is 0.478. The van der Waals surface area contributed by atoms with Crippen molar-refractivity contribution in [1.29, 1.82) is 0 Å². The third kappa shape index (κ3) is 2.01. The van der Waals surface area contributed by atoms with Crippen molar-refractivity contribution < 1.29 is 4.74 Å². The van der Waals surface area contributed by atoms with Gasteiger partial charge in [-0.05, 0) is 25.0 Å². The predicted octanol–water partition coefficient (Wildman–Crippen LogP) is 2.56. The van der Waals surface area contributed by atoms with E-state index in [1.54, 1.807) is 7.11 Å². The Morgan fingerprint density at radius 1 is 1.27 bits per heavy atom. The first-order valence-corrected chi connectivity index (χ1v) is 5.39. The van der Waals surface area contributed by atoms with E-state index >= 15 is 0 Å². The summed E-state index contributed by atoms with van der Waals surface area (Å²) in [5, 5.41) is 6.94. The highest BCUT2D eigenvalue weighted by molar-refractivity contribution is 5.71. The van der Waals surface area contributed by atoms with Crippen molar-refractivity contribution in [1.82, 2.24) is 0 Å². The summed E-state index contributed by atoms with van der Waals surface area (Å²) in [6.07, 6.45) is 0. The Balaban J connectivity index is 2.31. The van der Waals surface area contributed by atoms with E-state index in [0.717, 1.165) is 23.7 Å². The average Bonchev–Trinajstić information content (AvgIpc) is 2.39. The SMILES string of the molecule is COc1ccc2c(c1)NC(C)C(C)CN2. The minimum atomic E-state index is 0.478. The molecule has 0 bridgehead atoms. The number of benzene rings is 1. The number of methoxy groups -OCH3 is 1. The average molecular weight is 206 g/mol. The van der Waals surface area contributed by atoms with Crippen LogP contribution in [0.5, 0.6) is 5.75 Å². The van der Waals surface area contributed by atoms with Crippen LogP contribution in [0.15, 0.2) is 18.2 Å². The summed E-state index contributed by atoms with van der Waals surface area (Å²) in [5.41, 5.74) is 2.29. The van der Waals surface area contributed by atoms with E-state index in [2.05, 4.69) is 30.5 Å². The molecule has 0 fully saturated rings. The summed E-state index contributed by atoms with van der Waals surface area (Å²) in [6, 6.07) is 6.56. The number of ether oxygens (including phenoxy) is 1. The van der Waals surface area contributed by atoms with Gasteiger partial charge >= 0.3 is 0 Å². The second-order valence-electron chi connectivity index (χ2n) is 4.20. The van der Waals surface area contributed by atoms with E-state index in [-0.39, 0.29) is 0 Å². The van der Waals surface area contributed by atoms with Gasteiger partial charge in [-0.2, -0.15) is 0 Å². The number of anilines is 2. The maximum Gasteiger partial charge on any atom is 0.121 e. The number of nitrogens with one attached hydrogen (secondary N) is 2. The lowest BCUT2D eigenvalue weighted by atomic mass is 10.0. The highest BCUT2D eigenvalue weighted by Crippen LogP contribution is 2.30. The van der Waals surface area contributed by atoms with Crippen molar-refractivity contribution in [2.45, 2.75) is 19.9 Å². The lowest BCUT2D eigenvalue weighted by Crippen LogP contribution is -2.25. The monoisotopic (exact) mass is 206 g/mol. The second-order valence-corrected chi connectivity index (χ2v) is 4.20. The quantitative estimate of drug-likeness (QED) is 0.741. The largest absolute Gasteiger partial charge is 0.497 e. The molecule has 1 heterocycles. The lowest BCUT2D eigenvalue weighted by molar-refractivity contribution is 0.415. The number of hydrogen-bond donors (Lipinski definition) is 2. The molecule has 1 aliphatic rings. The molecule has 0 radical (unpaired) electrons. The normalized spacial score (nSPS) is 24.5. The van der Waals surface area contributed by atoms with Gasteiger partial charge in [0.1, 0.15) is 5.75 Å². The number of hydrogen-bond acceptors (Lipinski definition) is 3. The first-order valence-electron chi connectivity index (χ1n) is 5.39. The van der Waals surface area contributed by atoms with Crippen molar-refractivity contribution in [3.63, 3.8) is 0 Å². The molecule has 0 amide bonds. The molecule has 2 atom stereocenters. The molecule has 0 saturated heterocycles. The van der Waals surface area contributed by atoms with Crippen molar-refractivity contribution in [2.24, 2.45) is 5.92 Å². The predicted molar refractivity (Wildman–Crippen MR) is 63.7 cm³/mol. The molecule has 2 N–H and O–H groups in total. The Hall–Kier alpha value is -1.38. The Morgan fingerprint density at radius 2 is 2.07 bits per heavy atom. The van der Waals surface area contributed by atoms with E-state index in [0.29, 0.717) is 12.0 Å². The van der Waals surface area contributed by atoms with Crippen LogP contribution in [-0.2, 0) is 0 Å². The van der Waals surface area contributed by atoms with Gasteiger partial charge in [-0.1, -0.05) is 6.92 Å². The summed E-state index contributed by atoms with van der Waals surface area (Å²) in [6.45, 7) is 5.46. The van der Waals surface area contributed by atoms with Crippen LogP contribution in [0.25, 0.3) is 0 Å². The highest BCUT2D eigenvalue weighted by atomic mass is 16.5. The zero-order valence-corrected chi connectivity index (χ0v) is 9.50. The van der Waals surface area contributed by atoms with Crippen LogP contribution in [0, 0.1) is 5.92 Å². The van der Waals surface area contributed by atoms with Crippen molar-refractivity contribution in [3.05, 3.63) is 18.2 Å². The van der Waals surface area contributed by atoms with Crippen LogP contribution in [0.2, 0.25) is 0 Å². The molecule has 82 valence electrons. The van der Waals surface area contributed by atoms with Gasteiger partial charge in [0.2, 0.25) is 0 Å². The third-order valence-electron chi connectivity index (χ3n) is 3.08. The summed E-state index contributed by atoms with van der Waals surface area (Å²) in [7, 11) is 1.69. The van der Waals surface area contributed by atoms with E-state index in [1.165, 1.54) is 0 Å². The van der Waals surface area contributed by atoms with Crippen LogP contribution in [0.4, 0.5) is 11.4 Å². The van der Waals surface area contributed by atoms with Crippen molar-refractivity contribution >= 4 is 11.4 Å². The van der Waals surface area contributed by atoms with Crippen LogP contribution in [-0.4, -0.2) is 19.7 Å². The molecule has 2 unspecified atom stereocenters. The van der Waals surface area contributed by atoms with Crippen LogP contribution >= 0.6 is 0 Å². The summed E-state index contributed by atoms with van der Waals surface area (Å²) in [5.74, 6) is 1.51. The van der Waals surface area contributed by atoms with Gasteiger partial charge in [0, 0.05) is 18.7 Å². The number of fused-ring (bicyclic) bond motifs is 1. The molecule has 15 heavy (non-hydrogen) atoms. The summed E-state index contributed by atoms with van der Waals surface area (Å²) < 4.78 is 5.22. The first kappa shape index (κ1) is 10.1. The van der Waals surface area contributed by atoms with E-state index in [9.17, 15) is 0 Å². The topological polar surface area (TPSA) is 33.3 Å². The van der Waals surface area contributed by atoms with Crippen molar-refractivity contribution in [2.75, 3.05) is 24.3 Å². The lowest BCUT2D eigenvalue weighted by Gasteiger charge is -2.18. The fourth-order valence-corrected chi connectivity index (χ4v) is 1.76. The van der Waals surface area contributed by atoms with Gasteiger partial charge in [-0.25, -0.2) is 0 Å². The molecule has 2 rings (SSSR count). The zero-order valence-electron chi connectivity index (χ0n) is 9.50. The maximum absolute atomic E-state index is 5.22. The zero-order chi connectivity index (χ0) is 10.8. The van der Waals surface area contributed by atoms with Crippen LogP contribution in [0.3, 0.4) is 0 Å². The van der Waals surface area contributed by atoms with Gasteiger partial charge < -0.3 is 15.4 Å². The Bertz CT molecular complexity index is 351. The molecule has 0 spiro atoms. The summed E-state index contributed by atoms with van der Waals surface area (Å²) >= 11 is 0. The molecular weight excluding hydrogens is 188 g/mol. The van der Waals surface area contributed by atoms with Gasteiger partial charge in [0.25, 0.3) is 0 Å². The minimum Gasteiger partial charge on any atom is -0.497 e. The molecular formula is C12H18N2O. The fraction of sp³-hybridized carbons (Fsp3) is 0.500. The molecule has 1 aromatic rings. The standard InChI is InChI=1S/C12H18N2O/c1-8-7-13-11-5-4-10(15-3)6-12(11)14-9(8)2/h4-6,8-9,13-14H,7H2,1-3H3. The van der Waals surface area contributed by atoms with Gasteiger partial charge in [0.05, 0.1) is 18.5 Å². The van der Waals surface area contributed by atoms with Crippen LogP contribution in [0.1, 0.15) is 13.8 Å². The highest BCUT2D eigenvalue weighted by Gasteiger charge is 2.18. The Labute approximate surface area is 90.8 Å². The molecule has 1 aliphatic heterocycles. The fourth-order valence-electron chi connectivity index (χ4n) is 1.76. The molecule has 3 heteroatoms. The van der Waals surface area contributed by atoms with Gasteiger partial charge in [-0.3, -0.25) is 0 Å². The maximum atomic E-state index is 5.22. The van der Waals surface area contributed by atoms with E-state index in [1.807, 2.05) is 12.1 Å². The van der Waals surface area contributed by atoms with Crippen molar-refractivity contribution in [3.8, 4) is 5.75 Å². The molecule has 0 aliphatic carbocycles. The molecule has 1 aromatic carbocycles. The van der Waals surface area contributed by atoms with Crippen LogP contribution < -0.4 is 15.4 Å². The molecule has 3 nitrogen and oxygen atoms in total. The third-order valence-corrected chi connectivity index (χ3v) is 3.08. The summed E-state index contributed by atoms with van der Waals surface area (Å²) in [4.78, 5) is 0. The number of rotatable bonds is 1. The van der Waals surface area contributed by atoms with Gasteiger partial charge in [0.15, 0.2) is 0 Å². The van der Waals surface area contributed by atoms with Gasteiger partial charge in [-0.15, -0.1) is 0 Å². The van der Waals surface area contributed by atoms with E-state index in [4.69, 9.17) is 4.74 Å². The second kappa shape index (κ2) is 4.01. The van der Waals surface area contributed by atoms with E-state index < -0.39 is 0 Å². The first-order chi connectivity index (χ1) is 7.20. The smallest absolute Gasteiger partial charge is 0.121 e. The Kier molecular flexibility index (Phi) is 2.71. The molecule has 0 saturated carbocycles. The Morgan fingerprint density at radius 3 is 2.80 bits per heavy atom.